The summed E-state index contributed by atoms with van der Waals surface area (Å²) in [6.07, 6.45) is 0.796. The van der Waals surface area contributed by atoms with Crippen LogP contribution in [0.3, 0.4) is 0 Å². The second-order valence-corrected chi connectivity index (χ2v) is 7.31. The van der Waals surface area contributed by atoms with E-state index in [2.05, 4.69) is 0 Å². The maximum Gasteiger partial charge on any atom is 0.254 e. The van der Waals surface area contributed by atoms with Crippen LogP contribution in [0.4, 0.5) is 4.39 Å². The zero-order chi connectivity index (χ0) is 19.7. The van der Waals surface area contributed by atoms with Gasteiger partial charge in [-0.15, -0.1) is 0 Å². The maximum absolute atomic E-state index is 13.1. The molecule has 2 atom stereocenters. The SMILES string of the molecule is N#Cc1cccc(C(=O)N2CCN(C(=O)[C@H]3C[C@@H]3c3ccc(F)cc3)CC2)c1. The average Bonchev–Trinajstić information content (AvgIpc) is 3.54. The summed E-state index contributed by atoms with van der Waals surface area (Å²) in [6.45, 7) is 1.98. The first-order valence-corrected chi connectivity index (χ1v) is 9.40. The van der Waals surface area contributed by atoms with Crippen molar-refractivity contribution in [1.29, 1.82) is 5.26 Å². The largest absolute Gasteiger partial charge is 0.339 e. The molecule has 2 aromatic carbocycles. The second-order valence-electron chi connectivity index (χ2n) is 7.31. The summed E-state index contributed by atoms with van der Waals surface area (Å²) in [5.41, 5.74) is 1.96. The van der Waals surface area contributed by atoms with Crippen LogP contribution in [0.25, 0.3) is 0 Å². The molecule has 2 amide bonds. The number of amides is 2. The highest BCUT2D eigenvalue weighted by Gasteiger charge is 2.46. The molecule has 1 aliphatic heterocycles. The normalized spacial score (nSPS) is 21.1. The van der Waals surface area contributed by atoms with Gasteiger partial charge in [0.15, 0.2) is 0 Å². The molecule has 1 saturated carbocycles. The Bertz CT molecular complexity index is 943. The molecule has 0 unspecified atom stereocenters. The molecule has 2 aliphatic rings. The van der Waals surface area contributed by atoms with Gasteiger partial charge in [0.1, 0.15) is 5.82 Å². The molecule has 6 heteroatoms. The highest BCUT2D eigenvalue weighted by Crippen LogP contribution is 2.48. The van der Waals surface area contributed by atoms with E-state index in [1.54, 1.807) is 41.3 Å². The Morgan fingerprint density at radius 2 is 1.68 bits per heavy atom. The number of nitrogens with zero attached hydrogens (tertiary/aromatic N) is 3. The van der Waals surface area contributed by atoms with E-state index < -0.39 is 0 Å². The fraction of sp³-hybridized carbons (Fsp3) is 0.318. The fourth-order valence-electron chi connectivity index (χ4n) is 3.82. The van der Waals surface area contributed by atoms with Gasteiger partial charge in [-0.05, 0) is 48.2 Å². The fourth-order valence-corrected chi connectivity index (χ4v) is 3.82. The standard InChI is InChI=1S/C22H20FN3O2/c23-18-6-4-16(5-7-18)19-13-20(19)22(28)26-10-8-25(9-11-26)21(27)17-3-1-2-15(12-17)14-24/h1-7,12,19-20H,8-11,13H2/t19-,20+/m1/s1. The van der Waals surface area contributed by atoms with Gasteiger partial charge >= 0.3 is 0 Å². The Balaban J connectivity index is 1.33. The summed E-state index contributed by atoms with van der Waals surface area (Å²) in [7, 11) is 0. The monoisotopic (exact) mass is 377 g/mol. The highest BCUT2D eigenvalue weighted by molar-refractivity contribution is 5.94. The van der Waals surface area contributed by atoms with Crippen molar-refractivity contribution in [3.8, 4) is 6.07 Å². The predicted molar refractivity (Wildman–Crippen MR) is 101 cm³/mol. The van der Waals surface area contributed by atoms with E-state index in [-0.39, 0.29) is 29.5 Å². The quantitative estimate of drug-likeness (QED) is 0.826. The van der Waals surface area contributed by atoms with E-state index in [1.165, 1.54) is 12.1 Å². The lowest BCUT2D eigenvalue weighted by atomic mass is 10.1. The van der Waals surface area contributed by atoms with Crippen LogP contribution in [0, 0.1) is 23.1 Å². The number of nitriles is 1. The molecule has 2 fully saturated rings. The molecule has 2 aromatic rings. The molecular formula is C22H20FN3O2. The number of carbonyl (C=O) groups excluding carboxylic acids is 2. The third-order valence-electron chi connectivity index (χ3n) is 5.52. The smallest absolute Gasteiger partial charge is 0.254 e. The van der Waals surface area contributed by atoms with Crippen molar-refractivity contribution in [2.75, 3.05) is 26.2 Å². The molecule has 1 aliphatic carbocycles. The number of piperazine rings is 1. The van der Waals surface area contributed by atoms with E-state index in [9.17, 15) is 14.0 Å². The Labute approximate surface area is 163 Å². The Kier molecular flexibility index (Phi) is 4.82. The average molecular weight is 377 g/mol. The van der Waals surface area contributed by atoms with Crippen molar-refractivity contribution in [2.45, 2.75) is 12.3 Å². The van der Waals surface area contributed by atoms with Crippen LogP contribution >= 0.6 is 0 Å². The molecule has 5 nitrogen and oxygen atoms in total. The minimum atomic E-state index is -0.270. The van der Waals surface area contributed by atoms with Crippen LogP contribution in [0.15, 0.2) is 48.5 Å². The summed E-state index contributed by atoms with van der Waals surface area (Å²) in [4.78, 5) is 28.9. The van der Waals surface area contributed by atoms with Crippen molar-refractivity contribution in [1.82, 2.24) is 9.80 Å². The van der Waals surface area contributed by atoms with Gasteiger partial charge in [-0.2, -0.15) is 5.26 Å². The molecule has 0 radical (unpaired) electrons. The highest BCUT2D eigenvalue weighted by atomic mass is 19.1. The third-order valence-corrected chi connectivity index (χ3v) is 5.52. The Hall–Kier alpha value is -3.20. The third kappa shape index (κ3) is 3.61. The summed E-state index contributed by atoms with van der Waals surface area (Å²) < 4.78 is 13.1. The molecular weight excluding hydrogens is 357 g/mol. The lowest BCUT2D eigenvalue weighted by molar-refractivity contribution is -0.134. The minimum absolute atomic E-state index is 0.0416. The van der Waals surface area contributed by atoms with E-state index >= 15 is 0 Å². The summed E-state index contributed by atoms with van der Waals surface area (Å²) in [5, 5.41) is 8.99. The lowest BCUT2D eigenvalue weighted by Gasteiger charge is -2.35. The number of rotatable bonds is 3. The van der Waals surface area contributed by atoms with Crippen molar-refractivity contribution >= 4 is 11.8 Å². The van der Waals surface area contributed by atoms with E-state index in [1.807, 2.05) is 11.0 Å². The Morgan fingerprint density at radius 1 is 1.00 bits per heavy atom. The molecule has 0 aromatic heterocycles. The molecule has 1 heterocycles. The summed E-state index contributed by atoms with van der Waals surface area (Å²) in [6, 6.07) is 15.1. The van der Waals surface area contributed by atoms with Crippen LogP contribution in [0.5, 0.6) is 0 Å². The molecule has 0 bridgehead atoms. The number of benzene rings is 2. The van der Waals surface area contributed by atoms with Crippen LogP contribution in [0.1, 0.15) is 33.8 Å². The number of carbonyl (C=O) groups is 2. The zero-order valence-corrected chi connectivity index (χ0v) is 15.3. The predicted octanol–water partition coefficient (Wildman–Crippen LogP) is 2.79. The van der Waals surface area contributed by atoms with E-state index in [0.29, 0.717) is 37.3 Å². The van der Waals surface area contributed by atoms with Gasteiger partial charge in [0.2, 0.25) is 5.91 Å². The van der Waals surface area contributed by atoms with Crippen molar-refractivity contribution in [2.24, 2.45) is 5.92 Å². The topological polar surface area (TPSA) is 64.4 Å². The van der Waals surface area contributed by atoms with Gasteiger partial charge < -0.3 is 9.80 Å². The van der Waals surface area contributed by atoms with Crippen molar-refractivity contribution < 1.29 is 14.0 Å². The van der Waals surface area contributed by atoms with Gasteiger partial charge in [0.25, 0.3) is 5.91 Å². The number of halogens is 1. The molecule has 0 spiro atoms. The molecule has 28 heavy (non-hydrogen) atoms. The van der Waals surface area contributed by atoms with Crippen LogP contribution in [0.2, 0.25) is 0 Å². The van der Waals surface area contributed by atoms with Crippen LogP contribution in [-0.2, 0) is 4.79 Å². The van der Waals surface area contributed by atoms with Crippen LogP contribution in [-0.4, -0.2) is 47.8 Å². The van der Waals surface area contributed by atoms with E-state index in [0.717, 1.165) is 12.0 Å². The number of hydrogen-bond donors (Lipinski definition) is 0. The van der Waals surface area contributed by atoms with Gasteiger partial charge in [0.05, 0.1) is 11.6 Å². The maximum atomic E-state index is 13.1. The molecule has 4 rings (SSSR count). The molecule has 142 valence electrons. The van der Waals surface area contributed by atoms with Crippen molar-refractivity contribution in [3.05, 3.63) is 71.0 Å². The lowest BCUT2D eigenvalue weighted by Crippen LogP contribution is -2.51. The van der Waals surface area contributed by atoms with Gasteiger partial charge in [-0.3, -0.25) is 9.59 Å². The molecule has 0 N–H and O–H groups in total. The summed E-state index contributed by atoms with van der Waals surface area (Å²) >= 11 is 0. The van der Waals surface area contributed by atoms with Gasteiger partial charge in [-0.1, -0.05) is 18.2 Å². The minimum Gasteiger partial charge on any atom is -0.339 e. The van der Waals surface area contributed by atoms with Crippen molar-refractivity contribution in [3.63, 3.8) is 0 Å². The second kappa shape index (κ2) is 7.43. The first-order valence-electron chi connectivity index (χ1n) is 9.40. The van der Waals surface area contributed by atoms with Gasteiger partial charge in [0, 0.05) is 37.7 Å². The first kappa shape index (κ1) is 18.2. The summed E-state index contributed by atoms with van der Waals surface area (Å²) in [5.74, 6) is -0.136. The van der Waals surface area contributed by atoms with E-state index in [4.69, 9.17) is 5.26 Å². The van der Waals surface area contributed by atoms with Crippen LogP contribution < -0.4 is 0 Å². The van der Waals surface area contributed by atoms with Gasteiger partial charge in [-0.25, -0.2) is 4.39 Å². The Morgan fingerprint density at radius 3 is 2.36 bits per heavy atom. The zero-order valence-electron chi connectivity index (χ0n) is 15.3. The molecule has 1 saturated heterocycles. The number of hydrogen-bond acceptors (Lipinski definition) is 3. The first-order chi connectivity index (χ1) is 13.6.